The van der Waals surface area contributed by atoms with E-state index >= 15 is 4.39 Å². The van der Waals surface area contributed by atoms with Crippen LogP contribution in [0, 0.1) is 11.6 Å². The summed E-state index contributed by atoms with van der Waals surface area (Å²) >= 11 is 0. The van der Waals surface area contributed by atoms with Gasteiger partial charge < -0.3 is 19.2 Å². The highest BCUT2D eigenvalue weighted by Gasteiger charge is 2.41. The van der Waals surface area contributed by atoms with Gasteiger partial charge in [0.15, 0.2) is 8.32 Å². The zero-order valence-electron chi connectivity index (χ0n) is 29.8. The number of fused-ring (bicyclic) bond motifs is 1. The van der Waals surface area contributed by atoms with E-state index in [4.69, 9.17) is 13.9 Å². The molecule has 1 heterocycles. The van der Waals surface area contributed by atoms with E-state index in [9.17, 15) is 30.8 Å². The molecule has 0 radical (unpaired) electrons. The Morgan fingerprint density at radius 2 is 1.67 bits per heavy atom. The molecule has 51 heavy (non-hydrogen) atoms. The van der Waals surface area contributed by atoms with Gasteiger partial charge in [0.05, 0.1) is 11.7 Å². The molecule has 4 rings (SSSR count). The van der Waals surface area contributed by atoms with Gasteiger partial charge in [0, 0.05) is 42.5 Å². The summed E-state index contributed by atoms with van der Waals surface area (Å²) in [5, 5.41) is 4.02. The van der Waals surface area contributed by atoms with Crippen molar-refractivity contribution in [2.75, 3.05) is 6.54 Å². The Balaban J connectivity index is 1.52. The highest BCUT2D eigenvalue weighted by atomic mass is 32.2. The van der Waals surface area contributed by atoms with Crippen molar-refractivity contribution in [2.24, 2.45) is 0 Å². The molecule has 0 saturated heterocycles. The molecule has 1 aliphatic carbocycles. The molecule has 1 aromatic heterocycles. The maximum Gasteiger partial charge on any atom is 0.422 e. The van der Waals surface area contributed by atoms with Crippen molar-refractivity contribution in [2.45, 2.75) is 109 Å². The Hall–Kier alpha value is -3.38. The minimum absolute atomic E-state index is 0.0929. The van der Waals surface area contributed by atoms with Crippen LogP contribution in [0.2, 0.25) is 18.1 Å². The van der Waals surface area contributed by atoms with E-state index in [1.54, 1.807) is 33.0 Å². The van der Waals surface area contributed by atoms with Gasteiger partial charge in [-0.2, -0.15) is 26.3 Å². The molecule has 2 aromatic carbocycles. The molecule has 0 spiro atoms. The maximum atomic E-state index is 16.1. The standard InChI is InChI=1S/C34H45F5N4O6SSi/c1-32(2,3)48-31(44)43-50(45,46)42-19-30(49-51(7,8)33(4,5)6)24-16-29(36)26(23-11-12-40-17-25(23)24)18-41-20-13-22(14-20)47-21-9-10-28(35)27(15-21)34(37,38)39/h9-12,15-17,20,22,30,41-42H,13-14,18-19H2,1-8H3,(H,43,44). The molecular weight excluding hydrogens is 716 g/mol. The normalized spacial score (nSPS) is 17.9. The average Bonchev–Trinajstić information content (AvgIpc) is 2.95. The van der Waals surface area contributed by atoms with E-state index in [0.717, 1.165) is 12.1 Å². The molecule has 1 amide bonds. The van der Waals surface area contributed by atoms with E-state index in [0.29, 0.717) is 40.8 Å². The van der Waals surface area contributed by atoms with Crippen molar-refractivity contribution in [1.29, 1.82) is 0 Å². The topological polar surface area (TPSA) is 128 Å². The minimum Gasteiger partial charge on any atom is -0.490 e. The predicted molar refractivity (Wildman–Crippen MR) is 185 cm³/mol. The van der Waals surface area contributed by atoms with Crippen LogP contribution >= 0.6 is 0 Å². The largest absolute Gasteiger partial charge is 0.490 e. The summed E-state index contributed by atoms with van der Waals surface area (Å²) in [7, 11) is -7.00. The molecule has 17 heteroatoms. The number of halogens is 5. The molecule has 3 aromatic rings. The number of amides is 1. The lowest BCUT2D eigenvalue weighted by molar-refractivity contribution is -0.140. The lowest BCUT2D eigenvalue weighted by atomic mass is 9.88. The number of carbonyl (C=O) groups excluding carboxylic acids is 1. The van der Waals surface area contributed by atoms with Crippen LogP contribution in [0.4, 0.5) is 26.7 Å². The quantitative estimate of drug-likeness (QED) is 0.127. The number of carbonyl (C=O) groups is 1. The summed E-state index contributed by atoms with van der Waals surface area (Å²) in [6.45, 7) is 14.5. The van der Waals surface area contributed by atoms with Crippen molar-refractivity contribution >= 4 is 35.4 Å². The molecule has 3 N–H and O–H groups in total. The summed E-state index contributed by atoms with van der Waals surface area (Å²) < 4.78 is 116. The fourth-order valence-corrected chi connectivity index (χ4v) is 7.18. The molecule has 1 unspecified atom stereocenters. The molecule has 1 atom stereocenters. The minimum atomic E-state index is -4.85. The number of ether oxygens (including phenoxy) is 2. The van der Waals surface area contributed by atoms with Gasteiger partial charge in [-0.15, -0.1) is 0 Å². The second-order valence-electron chi connectivity index (χ2n) is 15.1. The number of pyridine rings is 1. The third kappa shape index (κ3) is 10.6. The van der Waals surface area contributed by atoms with E-state index in [1.165, 1.54) is 12.3 Å². The van der Waals surface area contributed by atoms with Gasteiger partial charge in [0.1, 0.15) is 29.1 Å². The molecular formula is C34H45F5N4O6SSi. The van der Waals surface area contributed by atoms with Gasteiger partial charge in [-0.3, -0.25) is 4.98 Å². The number of hydrogen-bond acceptors (Lipinski definition) is 8. The van der Waals surface area contributed by atoms with E-state index in [-0.39, 0.29) is 29.9 Å². The summed E-state index contributed by atoms with van der Waals surface area (Å²) in [6, 6.07) is 5.32. The number of nitrogens with one attached hydrogen (secondary N) is 3. The summed E-state index contributed by atoms with van der Waals surface area (Å²) in [5.74, 6) is -2.05. The fraction of sp³-hybridized carbons (Fsp3) is 0.529. The second kappa shape index (κ2) is 14.9. The van der Waals surface area contributed by atoms with Crippen LogP contribution < -0.4 is 19.5 Å². The van der Waals surface area contributed by atoms with Crippen molar-refractivity contribution < 1.29 is 49.1 Å². The van der Waals surface area contributed by atoms with Crippen LogP contribution in [0.3, 0.4) is 0 Å². The average molecular weight is 761 g/mol. The third-order valence-electron chi connectivity index (χ3n) is 8.90. The first-order valence-corrected chi connectivity index (χ1v) is 20.7. The Kier molecular flexibility index (Phi) is 11.8. The lowest BCUT2D eigenvalue weighted by Crippen LogP contribution is -2.47. The Bertz CT molecular complexity index is 1840. The molecule has 0 bridgehead atoms. The van der Waals surface area contributed by atoms with Gasteiger partial charge >= 0.3 is 22.5 Å². The molecule has 282 valence electrons. The van der Waals surface area contributed by atoms with Crippen LogP contribution in [-0.4, -0.2) is 52.1 Å². The first-order chi connectivity index (χ1) is 23.3. The van der Waals surface area contributed by atoms with Gasteiger partial charge in [-0.05, 0) is 93.0 Å². The van der Waals surface area contributed by atoms with Crippen LogP contribution in [-0.2, 0) is 32.1 Å². The van der Waals surface area contributed by atoms with Crippen molar-refractivity contribution in [3.05, 3.63) is 71.1 Å². The number of hydrogen-bond donors (Lipinski definition) is 3. The highest BCUT2D eigenvalue weighted by molar-refractivity contribution is 7.88. The summed E-state index contributed by atoms with van der Waals surface area (Å²) in [4.78, 5) is 16.4. The maximum absolute atomic E-state index is 16.1. The predicted octanol–water partition coefficient (Wildman–Crippen LogP) is 7.65. The van der Waals surface area contributed by atoms with Crippen molar-refractivity contribution in [3.8, 4) is 5.75 Å². The van der Waals surface area contributed by atoms with Crippen LogP contribution in [0.1, 0.15) is 77.2 Å². The number of benzene rings is 2. The molecule has 10 nitrogen and oxygen atoms in total. The van der Waals surface area contributed by atoms with Gasteiger partial charge in [-0.25, -0.2) is 18.3 Å². The second-order valence-corrected chi connectivity index (χ2v) is 21.4. The summed E-state index contributed by atoms with van der Waals surface area (Å²) in [6.07, 6.45) is -3.48. The monoisotopic (exact) mass is 760 g/mol. The fourth-order valence-electron chi connectivity index (χ4n) is 5.20. The van der Waals surface area contributed by atoms with Crippen molar-refractivity contribution in [1.82, 2.24) is 19.7 Å². The zero-order chi connectivity index (χ0) is 38.2. The van der Waals surface area contributed by atoms with E-state index in [1.807, 2.05) is 38.6 Å². The van der Waals surface area contributed by atoms with Gasteiger partial charge in [0.2, 0.25) is 0 Å². The Morgan fingerprint density at radius 1 is 1.00 bits per heavy atom. The van der Waals surface area contributed by atoms with Gasteiger partial charge in [-0.1, -0.05) is 20.8 Å². The number of aromatic nitrogens is 1. The van der Waals surface area contributed by atoms with Crippen molar-refractivity contribution in [3.63, 3.8) is 0 Å². The smallest absolute Gasteiger partial charge is 0.422 e. The molecule has 1 fully saturated rings. The SMILES string of the molecule is CC(C)(C)OC(=O)NS(=O)(=O)NCC(O[Si](C)(C)C(C)(C)C)c1cc(F)c(CNC2CC(Oc3ccc(F)c(C(F)(F)F)c3)C2)c2ccncc12. The molecule has 1 aliphatic rings. The molecule has 1 saturated carbocycles. The Labute approximate surface area is 296 Å². The highest BCUT2D eigenvalue weighted by Crippen LogP contribution is 2.41. The summed E-state index contributed by atoms with van der Waals surface area (Å²) in [5.41, 5.74) is -1.65. The van der Waals surface area contributed by atoms with Crippen LogP contribution in [0.5, 0.6) is 5.75 Å². The van der Waals surface area contributed by atoms with E-state index < -0.39 is 65.8 Å². The molecule has 0 aliphatic heterocycles. The Morgan fingerprint density at radius 3 is 2.27 bits per heavy atom. The number of alkyl halides is 3. The first-order valence-electron chi connectivity index (χ1n) is 16.4. The van der Waals surface area contributed by atoms with Crippen LogP contribution in [0.15, 0.2) is 42.7 Å². The number of rotatable bonds is 12. The van der Waals surface area contributed by atoms with Crippen LogP contribution in [0.25, 0.3) is 10.8 Å². The zero-order valence-corrected chi connectivity index (χ0v) is 31.6. The lowest BCUT2D eigenvalue weighted by Gasteiger charge is -2.39. The number of nitrogens with zero attached hydrogens (tertiary/aromatic N) is 1. The first kappa shape index (κ1) is 40.4. The van der Waals surface area contributed by atoms with E-state index in [2.05, 4.69) is 15.0 Å². The van der Waals surface area contributed by atoms with Gasteiger partial charge in [0.25, 0.3) is 0 Å². The third-order valence-corrected chi connectivity index (χ3v) is 14.4.